The lowest BCUT2D eigenvalue weighted by Crippen LogP contribution is -2.49. The maximum absolute atomic E-state index is 13.1. The lowest BCUT2D eigenvalue weighted by Gasteiger charge is -2.52. The molecule has 1 heterocycles. The lowest BCUT2D eigenvalue weighted by atomic mass is 9.54. The monoisotopic (exact) mass is 415 g/mol. The number of carbonyl (C=O) groups is 1. The molecule has 0 aromatic heterocycles. The fraction of sp³-hybridized carbons (Fsp3) is 0.846. The van der Waals surface area contributed by atoms with E-state index in [4.69, 9.17) is 4.74 Å². The van der Waals surface area contributed by atoms with Crippen LogP contribution in [0.3, 0.4) is 0 Å². The topological polar surface area (TPSA) is 58.9 Å². The summed E-state index contributed by atoms with van der Waals surface area (Å²) in [6, 6.07) is 0. The number of fused-ring (bicyclic) bond motifs is 4. The second kappa shape index (κ2) is 7.98. The van der Waals surface area contributed by atoms with Gasteiger partial charge in [-0.2, -0.15) is 0 Å². The zero-order valence-corrected chi connectivity index (χ0v) is 19.7. The Hall–Kier alpha value is -1.32. The van der Waals surface area contributed by atoms with E-state index in [-0.39, 0.29) is 22.7 Å². The van der Waals surface area contributed by atoms with E-state index in [2.05, 4.69) is 39.8 Å². The van der Waals surface area contributed by atoms with Crippen molar-refractivity contribution in [3.8, 4) is 0 Å². The second-order valence-corrected chi connectivity index (χ2v) is 11.6. The highest BCUT2D eigenvalue weighted by Gasteiger charge is 2.59. The van der Waals surface area contributed by atoms with Crippen LogP contribution in [0.5, 0.6) is 0 Å². The van der Waals surface area contributed by atoms with Crippen LogP contribution in [0.25, 0.3) is 0 Å². The fourth-order valence-corrected chi connectivity index (χ4v) is 7.58. The SMILES string of the molecule is CC(C)CCC[C@@H](C)[C@H]1CC[C@H]2C3=C(CC[C@]12C)[C@@]1(C)CCC(=NO)C[C@@H]1C(=O)O3. The number of oxime groups is 1. The number of hydrogen-bond acceptors (Lipinski definition) is 4. The van der Waals surface area contributed by atoms with E-state index in [1.165, 1.54) is 37.7 Å². The number of rotatable bonds is 5. The first-order chi connectivity index (χ1) is 14.2. The minimum Gasteiger partial charge on any atom is -0.431 e. The molecule has 3 aliphatic carbocycles. The first-order valence-corrected chi connectivity index (χ1v) is 12.4. The molecule has 6 atom stereocenters. The summed E-state index contributed by atoms with van der Waals surface area (Å²) in [4.78, 5) is 13.1. The molecule has 168 valence electrons. The third-order valence-electron chi connectivity index (χ3n) is 9.53. The quantitative estimate of drug-likeness (QED) is 0.308. The van der Waals surface area contributed by atoms with Gasteiger partial charge in [-0.15, -0.1) is 0 Å². The maximum atomic E-state index is 13.1. The molecule has 0 unspecified atom stereocenters. The van der Waals surface area contributed by atoms with Crippen molar-refractivity contribution in [3.05, 3.63) is 11.3 Å². The van der Waals surface area contributed by atoms with Gasteiger partial charge in [-0.05, 0) is 67.3 Å². The van der Waals surface area contributed by atoms with E-state index >= 15 is 0 Å². The van der Waals surface area contributed by atoms with Crippen molar-refractivity contribution in [2.75, 3.05) is 0 Å². The summed E-state index contributed by atoms with van der Waals surface area (Å²) in [5.41, 5.74) is 2.29. The minimum atomic E-state index is -0.188. The zero-order valence-electron chi connectivity index (χ0n) is 19.7. The van der Waals surface area contributed by atoms with Crippen LogP contribution < -0.4 is 0 Å². The smallest absolute Gasteiger partial charge is 0.315 e. The molecule has 2 fully saturated rings. The first-order valence-electron chi connectivity index (χ1n) is 12.4. The van der Waals surface area contributed by atoms with Gasteiger partial charge in [0.2, 0.25) is 0 Å². The van der Waals surface area contributed by atoms with Crippen LogP contribution in [0.1, 0.15) is 98.8 Å². The second-order valence-electron chi connectivity index (χ2n) is 11.6. The molecule has 0 bridgehead atoms. The molecule has 1 aliphatic heterocycles. The normalized spacial score (nSPS) is 40.8. The van der Waals surface area contributed by atoms with E-state index in [9.17, 15) is 10.0 Å². The van der Waals surface area contributed by atoms with E-state index in [0.29, 0.717) is 12.3 Å². The van der Waals surface area contributed by atoms with Crippen molar-refractivity contribution < 1.29 is 14.7 Å². The molecule has 2 saturated carbocycles. The summed E-state index contributed by atoms with van der Waals surface area (Å²) in [5, 5.41) is 12.7. The summed E-state index contributed by atoms with van der Waals surface area (Å²) < 4.78 is 6.14. The molecule has 0 radical (unpaired) electrons. The fourth-order valence-electron chi connectivity index (χ4n) is 7.58. The van der Waals surface area contributed by atoms with Gasteiger partial charge in [0, 0.05) is 17.8 Å². The molecule has 0 amide bonds. The standard InChI is InChI=1S/C26H41NO3/c1-16(2)7-6-8-17(3)19-9-10-20-23-21(12-14-25(19,20)4)26(5)13-11-18(27-29)15-22(26)24(28)30-23/h16-17,19-20,22,29H,6-15H2,1-5H3/t17-,19-,20+,22-,25-,26-/m1/s1. The molecule has 0 aromatic carbocycles. The Bertz CT molecular complexity index is 753. The van der Waals surface area contributed by atoms with E-state index in [0.717, 1.165) is 54.9 Å². The Morgan fingerprint density at radius 1 is 1.10 bits per heavy atom. The highest BCUT2D eigenvalue weighted by Crippen LogP contribution is 2.64. The van der Waals surface area contributed by atoms with Crippen molar-refractivity contribution in [1.29, 1.82) is 0 Å². The molecule has 0 saturated heterocycles. The van der Waals surface area contributed by atoms with Crippen LogP contribution in [0.15, 0.2) is 16.5 Å². The van der Waals surface area contributed by atoms with Gasteiger partial charge in [0.1, 0.15) is 5.76 Å². The van der Waals surface area contributed by atoms with Gasteiger partial charge >= 0.3 is 5.97 Å². The summed E-state index contributed by atoms with van der Waals surface area (Å²) in [5.74, 6) is 3.42. The lowest BCUT2D eigenvalue weighted by molar-refractivity contribution is -0.154. The Labute approximate surface area is 182 Å². The number of carbonyl (C=O) groups excluding carboxylic acids is 1. The predicted octanol–water partition coefficient (Wildman–Crippen LogP) is 6.72. The third-order valence-corrected chi connectivity index (χ3v) is 9.53. The van der Waals surface area contributed by atoms with E-state index < -0.39 is 0 Å². The molecule has 0 spiro atoms. The van der Waals surface area contributed by atoms with Crippen LogP contribution in [0, 0.1) is 40.4 Å². The van der Waals surface area contributed by atoms with Crippen LogP contribution >= 0.6 is 0 Å². The molecule has 4 heteroatoms. The van der Waals surface area contributed by atoms with Gasteiger partial charge in [0.05, 0.1) is 11.6 Å². The minimum absolute atomic E-state index is 0.0882. The van der Waals surface area contributed by atoms with Crippen molar-refractivity contribution >= 4 is 11.7 Å². The number of esters is 1. The summed E-state index contributed by atoms with van der Waals surface area (Å²) in [6.07, 6.45) is 10.9. The average molecular weight is 416 g/mol. The van der Waals surface area contributed by atoms with Crippen LogP contribution in [-0.4, -0.2) is 16.9 Å². The summed E-state index contributed by atoms with van der Waals surface area (Å²) in [7, 11) is 0. The van der Waals surface area contributed by atoms with Gasteiger partial charge < -0.3 is 9.94 Å². The Morgan fingerprint density at radius 2 is 1.87 bits per heavy atom. The summed E-state index contributed by atoms with van der Waals surface area (Å²) in [6.45, 7) is 11.9. The molecular formula is C26H41NO3. The molecule has 4 nitrogen and oxygen atoms in total. The highest BCUT2D eigenvalue weighted by atomic mass is 16.5. The molecule has 4 aliphatic rings. The van der Waals surface area contributed by atoms with Crippen molar-refractivity contribution in [2.24, 2.45) is 45.6 Å². The number of hydrogen-bond donors (Lipinski definition) is 1. The molecule has 0 aromatic rings. The van der Waals surface area contributed by atoms with E-state index in [1.807, 2.05) is 0 Å². The first kappa shape index (κ1) is 21.9. The van der Waals surface area contributed by atoms with E-state index in [1.54, 1.807) is 0 Å². The van der Waals surface area contributed by atoms with Crippen molar-refractivity contribution in [1.82, 2.24) is 0 Å². The van der Waals surface area contributed by atoms with Gasteiger partial charge in [-0.1, -0.05) is 59.0 Å². The van der Waals surface area contributed by atoms with Crippen molar-refractivity contribution in [2.45, 2.75) is 98.8 Å². The van der Waals surface area contributed by atoms with Crippen LogP contribution in [0.2, 0.25) is 0 Å². The Balaban J connectivity index is 1.57. The summed E-state index contributed by atoms with van der Waals surface area (Å²) >= 11 is 0. The number of nitrogens with zero attached hydrogens (tertiary/aromatic N) is 1. The van der Waals surface area contributed by atoms with Gasteiger partial charge in [0.15, 0.2) is 0 Å². The Morgan fingerprint density at radius 3 is 2.57 bits per heavy atom. The zero-order chi connectivity index (χ0) is 21.7. The number of allylic oxidation sites excluding steroid dienone is 2. The largest absolute Gasteiger partial charge is 0.431 e. The molecular weight excluding hydrogens is 374 g/mol. The highest BCUT2D eigenvalue weighted by molar-refractivity contribution is 5.91. The molecule has 4 rings (SSSR count). The van der Waals surface area contributed by atoms with Crippen LogP contribution in [0.4, 0.5) is 0 Å². The third kappa shape index (κ3) is 3.42. The molecule has 1 N–H and O–H groups in total. The van der Waals surface area contributed by atoms with Gasteiger partial charge in [-0.3, -0.25) is 4.79 Å². The van der Waals surface area contributed by atoms with Gasteiger partial charge in [-0.25, -0.2) is 0 Å². The predicted molar refractivity (Wildman–Crippen MR) is 119 cm³/mol. The van der Waals surface area contributed by atoms with Crippen molar-refractivity contribution in [3.63, 3.8) is 0 Å². The number of ether oxygens (including phenoxy) is 1. The Kier molecular flexibility index (Phi) is 5.83. The van der Waals surface area contributed by atoms with Crippen LogP contribution in [-0.2, 0) is 9.53 Å². The van der Waals surface area contributed by atoms with Gasteiger partial charge in [0.25, 0.3) is 0 Å². The maximum Gasteiger partial charge on any atom is 0.315 e. The average Bonchev–Trinajstić information content (AvgIpc) is 3.05. The molecule has 30 heavy (non-hydrogen) atoms.